The first-order valence-corrected chi connectivity index (χ1v) is 8.39. The Hall–Kier alpha value is -2.42. The van der Waals surface area contributed by atoms with Crippen molar-refractivity contribution in [3.8, 4) is 16.9 Å². The van der Waals surface area contributed by atoms with Crippen LogP contribution in [0.1, 0.15) is 59.9 Å². The molecular weight excluding hydrogens is 300 g/mol. The largest absolute Gasteiger partial charge is 0.487 e. The van der Waals surface area contributed by atoms with Crippen molar-refractivity contribution >= 4 is 12.1 Å². The molecule has 1 aliphatic rings. The average Bonchev–Trinajstić information content (AvgIpc) is 2.53. The van der Waals surface area contributed by atoms with Crippen molar-refractivity contribution < 1.29 is 14.3 Å². The monoisotopic (exact) mass is 322 g/mol. The highest BCUT2D eigenvalue weighted by atomic mass is 16.5. The fourth-order valence-electron chi connectivity index (χ4n) is 3.41. The van der Waals surface area contributed by atoms with Crippen molar-refractivity contribution in [3.63, 3.8) is 0 Å². The normalized spacial score (nSPS) is 15.5. The SMILES string of the molecule is CCCc1cc2c(c(-c3ccccc3)c1C=O)C(=O)CC(C)(C)O2. The molecule has 0 spiro atoms. The van der Waals surface area contributed by atoms with Crippen LogP contribution in [0.25, 0.3) is 11.1 Å². The maximum atomic E-state index is 12.8. The second-order valence-corrected chi connectivity index (χ2v) is 6.89. The van der Waals surface area contributed by atoms with Crippen LogP contribution >= 0.6 is 0 Å². The number of rotatable bonds is 4. The van der Waals surface area contributed by atoms with Gasteiger partial charge in [0.2, 0.25) is 0 Å². The zero-order valence-corrected chi connectivity index (χ0v) is 14.4. The minimum Gasteiger partial charge on any atom is -0.487 e. The van der Waals surface area contributed by atoms with Crippen molar-refractivity contribution in [2.75, 3.05) is 0 Å². The molecule has 24 heavy (non-hydrogen) atoms. The van der Waals surface area contributed by atoms with Gasteiger partial charge >= 0.3 is 0 Å². The van der Waals surface area contributed by atoms with Gasteiger partial charge in [-0.1, -0.05) is 43.7 Å². The predicted molar refractivity (Wildman–Crippen MR) is 94.9 cm³/mol. The standard InChI is InChI=1S/C21H22O3/c1-4-8-15-11-18-20(17(23)12-21(2,3)24-18)19(16(15)13-22)14-9-6-5-7-10-14/h5-7,9-11,13H,4,8,12H2,1-3H3. The maximum absolute atomic E-state index is 12.8. The number of Topliss-reactive ketones (excluding diaryl/α,β-unsaturated/α-hetero) is 1. The van der Waals surface area contributed by atoms with E-state index in [9.17, 15) is 9.59 Å². The van der Waals surface area contributed by atoms with E-state index in [0.29, 0.717) is 28.9 Å². The minimum absolute atomic E-state index is 0.0336. The van der Waals surface area contributed by atoms with Crippen LogP contribution in [0.15, 0.2) is 36.4 Å². The van der Waals surface area contributed by atoms with Crippen LogP contribution in [0, 0.1) is 0 Å². The molecule has 0 atom stereocenters. The molecule has 2 aromatic carbocycles. The van der Waals surface area contributed by atoms with Gasteiger partial charge in [-0.3, -0.25) is 9.59 Å². The number of hydrogen-bond acceptors (Lipinski definition) is 3. The number of carbonyl (C=O) groups excluding carboxylic acids is 2. The first kappa shape index (κ1) is 16.4. The van der Waals surface area contributed by atoms with Gasteiger partial charge in [0.1, 0.15) is 11.4 Å². The first-order chi connectivity index (χ1) is 11.5. The summed E-state index contributed by atoms with van der Waals surface area (Å²) in [5.74, 6) is 0.635. The Morgan fingerprint density at radius 1 is 1.17 bits per heavy atom. The van der Waals surface area contributed by atoms with Gasteiger partial charge in [0, 0.05) is 11.1 Å². The number of fused-ring (bicyclic) bond motifs is 1. The summed E-state index contributed by atoms with van der Waals surface area (Å²) in [6.45, 7) is 5.92. The van der Waals surface area contributed by atoms with Crippen LogP contribution in [0.2, 0.25) is 0 Å². The van der Waals surface area contributed by atoms with Crippen molar-refractivity contribution in [1.29, 1.82) is 0 Å². The second kappa shape index (κ2) is 6.23. The topological polar surface area (TPSA) is 43.4 Å². The predicted octanol–water partition coefficient (Wildman–Crippen LogP) is 4.86. The third-order valence-electron chi connectivity index (χ3n) is 4.37. The van der Waals surface area contributed by atoms with Gasteiger partial charge < -0.3 is 4.74 Å². The summed E-state index contributed by atoms with van der Waals surface area (Å²) in [4.78, 5) is 24.7. The molecule has 1 heterocycles. The third-order valence-corrected chi connectivity index (χ3v) is 4.37. The van der Waals surface area contributed by atoms with Crippen molar-refractivity contribution in [3.05, 3.63) is 53.1 Å². The number of aryl methyl sites for hydroxylation is 1. The van der Waals surface area contributed by atoms with Crippen LogP contribution in [-0.2, 0) is 6.42 Å². The van der Waals surface area contributed by atoms with Crippen molar-refractivity contribution in [1.82, 2.24) is 0 Å². The molecule has 0 aliphatic carbocycles. The van der Waals surface area contributed by atoms with Gasteiger partial charge in [0.05, 0.1) is 12.0 Å². The Bertz CT molecular complexity index is 788. The quantitative estimate of drug-likeness (QED) is 0.755. The fourth-order valence-corrected chi connectivity index (χ4v) is 3.41. The van der Waals surface area contributed by atoms with E-state index in [1.807, 2.05) is 50.2 Å². The zero-order chi connectivity index (χ0) is 17.3. The maximum Gasteiger partial charge on any atom is 0.171 e. The number of ether oxygens (including phenoxy) is 1. The van der Waals surface area contributed by atoms with Crippen LogP contribution in [0.4, 0.5) is 0 Å². The Morgan fingerprint density at radius 3 is 2.50 bits per heavy atom. The minimum atomic E-state index is -0.524. The summed E-state index contributed by atoms with van der Waals surface area (Å²) in [6.07, 6.45) is 2.89. The summed E-state index contributed by atoms with van der Waals surface area (Å²) >= 11 is 0. The molecule has 0 fully saturated rings. The molecule has 124 valence electrons. The van der Waals surface area contributed by atoms with Gasteiger partial charge in [-0.05, 0) is 37.5 Å². The van der Waals surface area contributed by atoms with Gasteiger partial charge in [-0.2, -0.15) is 0 Å². The Kier molecular flexibility index (Phi) is 4.27. The Labute approximate surface area is 142 Å². The lowest BCUT2D eigenvalue weighted by Gasteiger charge is -2.33. The molecule has 0 bridgehead atoms. The molecule has 3 nitrogen and oxygen atoms in total. The Morgan fingerprint density at radius 2 is 1.88 bits per heavy atom. The lowest BCUT2D eigenvalue weighted by Crippen LogP contribution is -2.36. The molecule has 0 saturated carbocycles. The number of aldehydes is 1. The van der Waals surface area contributed by atoms with Crippen LogP contribution in [0.5, 0.6) is 5.75 Å². The lowest BCUT2D eigenvalue weighted by molar-refractivity contribution is 0.0621. The summed E-state index contributed by atoms with van der Waals surface area (Å²) in [7, 11) is 0. The molecule has 0 N–H and O–H groups in total. The van der Waals surface area contributed by atoms with Crippen molar-refractivity contribution in [2.24, 2.45) is 0 Å². The van der Waals surface area contributed by atoms with Gasteiger partial charge in [-0.25, -0.2) is 0 Å². The zero-order valence-electron chi connectivity index (χ0n) is 14.4. The van der Waals surface area contributed by atoms with E-state index in [2.05, 4.69) is 6.92 Å². The van der Waals surface area contributed by atoms with Crippen LogP contribution in [0.3, 0.4) is 0 Å². The van der Waals surface area contributed by atoms with E-state index in [-0.39, 0.29) is 5.78 Å². The third kappa shape index (κ3) is 2.86. The van der Waals surface area contributed by atoms with Crippen LogP contribution in [-0.4, -0.2) is 17.7 Å². The summed E-state index contributed by atoms with van der Waals surface area (Å²) < 4.78 is 6.10. The lowest BCUT2D eigenvalue weighted by atomic mass is 9.83. The van der Waals surface area contributed by atoms with Crippen LogP contribution < -0.4 is 4.74 Å². The highest BCUT2D eigenvalue weighted by Crippen LogP contribution is 2.42. The van der Waals surface area contributed by atoms with Gasteiger partial charge in [0.25, 0.3) is 0 Å². The first-order valence-electron chi connectivity index (χ1n) is 8.39. The number of hydrogen-bond donors (Lipinski definition) is 0. The van der Waals surface area contributed by atoms with Gasteiger partial charge in [0.15, 0.2) is 12.1 Å². The highest BCUT2D eigenvalue weighted by Gasteiger charge is 2.36. The number of benzene rings is 2. The average molecular weight is 322 g/mol. The molecule has 1 aliphatic heterocycles. The Balaban J connectivity index is 2.35. The molecule has 2 aromatic rings. The fraction of sp³-hybridized carbons (Fsp3) is 0.333. The van der Waals surface area contributed by atoms with E-state index in [1.165, 1.54) is 0 Å². The summed E-state index contributed by atoms with van der Waals surface area (Å²) in [5, 5.41) is 0. The highest BCUT2D eigenvalue weighted by molar-refractivity contribution is 6.10. The molecule has 0 amide bonds. The summed E-state index contributed by atoms with van der Waals surface area (Å²) in [6, 6.07) is 11.5. The van der Waals surface area contributed by atoms with E-state index < -0.39 is 5.60 Å². The number of carbonyl (C=O) groups is 2. The van der Waals surface area contributed by atoms with E-state index in [4.69, 9.17) is 4.74 Å². The molecule has 3 heteroatoms. The number of ketones is 1. The molecule has 0 radical (unpaired) electrons. The molecule has 3 rings (SSSR count). The molecule has 0 unspecified atom stereocenters. The molecule has 0 saturated heterocycles. The van der Waals surface area contributed by atoms with E-state index in [1.54, 1.807) is 0 Å². The van der Waals surface area contributed by atoms with Crippen molar-refractivity contribution in [2.45, 2.75) is 45.6 Å². The summed E-state index contributed by atoms with van der Waals surface area (Å²) in [5.41, 5.74) is 3.17. The smallest absolute Gasteiger partial charge is 0.171 e. The van der Waals surface area contributed by atoms with Gasteiger partial charge in [-0.15, -0.1) is 0 Å². The van der Waals surface area contributed by atoms with E-state index in [0.717, 1.165) is 30.3 Å². The molecular formula is C21H22O3. The van der Waals surface area contributed by atoms with E-state index >= 15 is 0 Å². The molecule has 0 aromatic heterocycles. The second-order valence-electron chi connectivity index (χ2n) is 6.89.